The molecule has 2 saturated heterocycles. The van der Waals surface area contributed by atoms with Gasteiger partial charge in [-0.15, -0.1) is 0 Å². The molecule has 0 spiro atoms. The second-order valence-electron chi connectivity index (χ2n) is 8.82. The van der Waals surface area contributed by atoms with Gasteiger partial charge in [0.25, 0.3) is 5.91 Å². The molecule has 3 aromatic rings. The average molecular weight is 434 g/mol. The summed E-state index contributed by atoms with van der Waals surface area (Å²) in [5.41, 5.74) is 3.02. The fourth-order valence-corrected chi connectivity index (χ4v) is 4.69. The first-order valence-corrected chi connectivity index (χ1v) is 11.8. The fourth-order valence-electron chi connectivity index (χ4n) is 4.69. The Labute approximate surface area is 188 Å². The SMILES string of the molecule is Cn1ncc2c(N3CCCCC3)nc(C(=O)NCc3ccc(N4CCCCC4)cc3)nc21. The van der Waals surface area contributed by atoms with E-state index in [9.17, 15) is 4.79 Å². The van der Waals surface area contributed by atoms with Crippen molar-refractivity contribution in [2.24, 2.45) is 7.05 Å². The summed E-state index contributed by atoms with van der Waals surface area (Å²) in [5, 5.41) is 8.24. The average Bonchev–Trinajstić information content (AvgIpc) is 3.24. The van der Waals surface area contributed by atoms with Crippen molar-refractivity contribution < 1.29 is 4.79 Å². The monoisotopic (exact) mass is 433 g/mol. The summed E-state index contributed by atoms with van der Waals surface area (Å²) in [6.07, 6.45) is 9.16. The van der Waals surface area contributed by atoms with Crippen LogP contribution in [-0.2, 0) is 13.6 Å². The van der Waals surface area contributed by atoms with Crippen molar-refractivity contribution in [3.05, 3.63) is 41.9 Å². The quantitative estimate of drug-likeness (QED) is 0.665. The molecule has 1 N–H and O–H groups in total. The number of amides is 1. The number of piperidine rings is 2. The van der Waals surface area contributed by atoms with Crippen molar-refractivity contribution in [3.63, 3.8) is 0 Å². The smallest absolute Gasteiger partial charge is 0.289 e. The second-order valence-corrected chi connectivity index (χ2v) is 8.82. The van der Waals surface area contributed by atoms with E-state index < -0.39 is 0 Å². The highest BCUT2D eigenvalue weighted by molar-refractivity contribution is 5.95. The minimum absolute atomic E-state index is 0.201. The van der Waals surface area contributed by atoms with E-state index in [0.29, 0.717) is 12.2 Å². The fraction of sp³-hybridized carbons (Fsp3) is 0.500. The van der Waals surface area contributed by atoms with Gasteiger partial charge < -0.3 is 15.1 Å². The van der Waals surface area contributed by atoms with Gasteiger partial charge in [-0.1, -0.05) is 12.1 Å². The van der Waals surface area contributed by atoms with Crippen molar-refractivity contribution in [2.45, 2.75) is 45.1 Å². The van der Waals surface area contributed by atoms with Crippen molar-refractivity contribution >= 4 is 28.4 Å². The molecule has 0 saturated carbocycles. The van der Waals surface area contributed by atoms with Gasteiger partial charge in [0.15, 0.2) is 5.65 Å². The molecule has 8 heteroatoms. The van der Waals surface area contributed by atoms with Crippen molar-refractivity contribution in [3.8, 4) is 0 Å². The third kappa shape index (κ3) is 4.26. The topological polar surface area (TPSA) is 79.2 Å². The molecule has 0 atom stereocenters. The number of hydrogen-bond acceptors (Lipinski definition) is 6. The maximum absolute atomic E-state index is 13.0. The van der Waals surface area contributed by atoms with E-state index in [1.54, 1.807) is 10.9 Å². The zero-order chi connectivity index (χ0) is 21.9. The van der Waals surface area contributed by atoms with E-state index in [1.807, 2.05) is 7.05 Å². The highest BCUT2D eigenvalue weighted by atomic mass is 16.2. The number of aromatic nitrogens is 4. The maximum atomic E-state index is 13.0. The van der Waals surface area contributed by atoms with Gasteiger partial charge in [0.1, 0.15) is 5.82 Å². The lowest BCUT2D eigenvalue weighted by Gasteiger charge is -2.28. The first-order valence-electron chi connectivity index (χ1n) is 11.8. The lowest BCUT2D eigenvalue weighted by molar-refractivity contribution is 0.0941. The van der Waals surface area contributed by atoms with Gasteiger partial charge in [0.2, 0.25) is 5.82 Å². The minimum atomic E-state index is -0.258. The molecule has 2 aromatic heterocycles. The number of nitrogens with one attached hydrogen (secondary N) is 1. The van der Waals surface area contributed by atoms with Crippen LogP contribution in [0.25, 0.3) is 11.0 Å². The number of nitrogens with zero attached hydrogens (tertiary/aromatic N) is 6. The number of carbonyl (C=O) groups excluding carboxylic acids is 1. The molecule has 5 rings (SSSR count). The summed E-state index contributed by atoms with van der Waals surface area (Å²) in [6.45, 7) is 4.61. The van der Waals surface area contributed by atoms with Gasteiger partial charge in [-0.25, -0.2) is 9.97 Å². The van der Waals surface area contributed by atoms with E-state index in [0.717, 1.165) is 55.8 Å². The van der Waals surface area contributed by atoms with Crippen molar-refractivity contribution in [1.29, 1.82) is 0 Å². The molecule has 0 unspecified atom stereocenters. The van der Waals surface area contributed by atoms with Gasteiger partial charge in [-0.3, -0.25) is 9.48 Å². The van der Waals surface area contributed by atoms with Crippen LogP contribution in [0.2, 0.25) is 0 Å². The molecule has 2 fully saturated rings. The van der Waals surface area contributed by atoms with Gasteiger partial charge in [0.05, 0.1) is 11.6 Å². The van der Waals surface area contributed by atoms with Crippen LogP contribution < -0.4 is 15.1 Å². The van der Waals surface area contributed by atoms with Gasteiger partial charge >= 0.3 is 0 Å². The maximum Gasteiger partial charge on any atom is 0.289 e. The molecule has 0 aliphatic carbocycles. The van der Waals surface area contributed by atoms with Crippen LogP contribution in [0.4, 0.5) is 11.5 Å². The predicted octanol–water partition coefficient (Wildman–Crippen LogP) is 3.27. The van der Waals surface area contributed by atoms with Crippen LogP contribution in [0.1, 0.15) is 54.7 Å². The van der Waals surface area contributed by atoms with E-state index in [4.69, 9.17) is 0 Å². The molecule has 1 aromatic carbocycles. The summed E-state index contributed by atoms with van der Waals surface area (Å²) in [5.74, 6) is 0.761. The van der Waals surface area contributed by atoms with E-state index in [-0.39, 0.29) is 11.7 Å². The molecule has 32 heavy (non-hydrogen) atoms. The molecular formula is C24H31N7O. The van der Waals surface area contributed by atoms with Gasteiger partial charge in [-0.05, 0) is 56.2 Å². The van der Waals surface area contributed by atoms with Gasteiger partial charge in [-0.2, -0.15) is 5.10 Å². The normalized spacial score (nSPS) is 17.0. The number of hydrogen-bond donors (Lipinski definition) is 1. The van der Waals surface area contributed by atoms with Crippen molar-refractivity contribution in [1.82, 2.24) is 25.1 Å². The van der Waals surface area contributed by atoms with Gasteiger partial charge in [0, 0.05) is 45.5 Å². The summed E-state index contributed by atoms with van der Waals surface area (Å²) >= 11 is 0. The standard InChI is InChI=1S/C24H31N7O/c1-29-22-20(17-26-29)23(31-14-6-3-7-15-31)28-21(27-22)24(32)25-16-18-8-10-19(11-9-18)30-12-4-2-5-13-30/h8-11,17H,2-7,12-16H2,1H3,(H,25,32). The molecule has 2 aliphatic heterocycles. The Morgan fingerprint density at radius 1 is 0.906 bits per heavy atom. The van der Waals surface area contributed by atoms with E-state index in [2.05, 4.69) is 54.4 Å². The summed E-state index contributed by atoms with van der Waals surface area (Å²) in [4.78, 5) is 26.8. The zero-order valence-corrected chi connectivity index (χ0v) is 18.8. The van der Waals surface area contributed by atoms with Crippen LogP contribution in [0.3, 0.4) is 0 Å². The third-order valence-corrected chi connectivity index (χ3v) is 6.54. The van der Waals surface area contributed by atoms with Crippen LogP contribution in [0, 0.1) is 0 Å². The molecule has 0 bridgehead atoms. The second kappa shape index (κ2) is 9.14. The summed E-state index contributed by atoms with van der Waals surface area (Å²) in [7, 11) is 1.85. The Hall–Kier alpha value is -3.16. The number of fused-ring (bicyclic) bond motifs is 1. The number of aryl methyl sites for hydroxylation is 1. The van der Waals surface area contributed by atoms with Crippen molar-refractivity contribution in [2.75, 3.05) is 36.0 Å². The Kier molecular flexibility index (Phi) is 5.92. The largest absolute Gasteiger partial charge is 0.372 e. The van der Waals surface area contributed by atoms with Crippen LogP contribution >= 0.6 is 0 Å². The first kappa shape index (κ1) is 20.7. The lowest BCUT2D eigenvalue weighted by Crippen LogP contribution is -2.32. The molecule has 1 amide bonds. The molecule has 168 valence electrons. The third-order valence-electron chi connectivity index (χ3n) is 6.54. The van der Waals surface area contributed by atoms with E-state index in [1.165, 1.54) is 31.4 Å². The molecule has 0 radical (unpaired) electrons. The van der Waals surface area contributed by atoms with Crippen LogP contribution in [-0.4, -0.2) is 51.8 Å². The highest BCUT2D eigenvalue weighted by Gasteiger charge is 2.21. The van der Waals surface area contributed by atoms with Crippen LogP contribution in [0.15, 0.2) is 30.5 Å². The Bertz CT molecular complexity index is 1080. The highest BCUT2D eigenvalue weighted by Crippen LogP contribution is 2.26. The first-order chi connectivity index (χ1) is 15.7. The lowest BCUT2D eigenvalue weighted by atomic mass is 10.1. The number of anilines is 2. The van der Waals surface area contributed by atoms with E-state index >= 15 is 0 Å². The molecule has 4 heterocycles. The number of benzene rings is 1. The predicted molar refractivity (Wildman–Crippen MR) is 126 cm³/mol. The molecule has 2 aliphatic rings. The summed E-state index contributed by atoms with van der Waals surface area (Å²) < 4.78 is 1.71. The zero-order valence-electron chi connectivity index (χ0n) is 18.8. The Morgan fingerprint density at radius 2 is 1.56 bits per heavy atom. The molecular weight excluding hydrogens is 402 g/mol. The Balaban J connectivity index is 1.30. The minimum Gasteiger partial charge on any atom is -0.372 e. The number of rotatable bonds is 5. The Morgan fingerprint density at radius 3 is 2.25 bits per heavy atom. The molecule has 8 nitrogen and oxygen atoms in total. The van der Waals surface area contributed by atoms with Crippen LogP contribution in [0.5, 0.6) is 0 Å². The summed E-state index contributed by atoms with van der Waals surface area (Å²) in [6, 6.07) is 8.49. The number of carbonyl (C=O) groups is 1.